The van der Waals surface area contributed by atoms with Crippen molar-refractivity contribution >= 4 is 12.0 Å². The van der Waals surface area contributed by atoms with E-state index in [9.17, 15) is 9.59 Å². The summed E-state index contributed by atoms with van der Waals surface area (Å²) in [5.74, 6) is 0.312. The Kier molecular flexibility index (Phi) is 6.63. The van der Waals surface area contributed by atoms with E-state index in [0.717, 1.165) is 37.8 Å². The van der Waals surface area contributed by atoms with E-state index in [4.69, 9.17) is 4.74 Å². The summed E-state index contributed by atoms with van der Waals surface area (Å²) in [6, 6.07) is 3.74. The molecule has 0 aromatic carbocycles. The molecule has 8 heteroatoms. The molecule has 0 radical (unpaired) electrons. The summed E-state index contributed by atoms with van der Waals surface area (Å²) < 4.78 is 5.49. The lowest BCUT2D eigenvalue weighted by atomic mass is 9.96. The molecule has 2 unspecified atom stereocenters. The number of hydrogen-bond acceptors (Lipinski definition) is 6. The fraction of sp³-hybridized carbons (Fsp3) is 0.632. The number of rotatable bonds is 6. The molecule has 2 fully saturated rings. The Morgan fingerprint density at radius 3 is 2.93 bits per heavy atom. The summed E-state index contributed by atoms with van der Waals surface area (Å²) in [5, 5.41) is 5.76. The maximum Gasteiger partial charge on any atom is 0.407 e. The summed E-state index contributed by atoms with van der Waals surface area (Å²) in [7, 11) is 0. The zero-order chi connectivity index (χ0) is 19.2. The van der Waals surface area contributed by atoms with E-state index < -0.39 is 0 Å². The van der Waals surface area contributed by atoms with Crippen LogP contribution in [-0.4, -0.2) is 41.8 Å². The van der Waals surface area contributed by atoms with E-state index in [0.29, 0.717) is 18.0 Å². The highest BCUT2D eigenvalue weighted by atomic mass is 16.6. The van der Waals surface area contributed by atoms with Crippen molar-refractivity contribution in [2.75, 3.05) is 6.54 Å². The first-order valence-electron chi connectivity index (χ1n) is 9.74. The third kappa shape index (κ3) is 5.40. The van der Waals surface area contributed by atoms with Crippen molar-refractivity contribution < 1.29 is 14.3 Å². The van der Waals surface area contributed by atoms with Gasteiger partial charge in [0.25, 0.3) is 5.91 Å². The quantitative estimate of drug-likeness (QED) is 0.602. The largest absolute Gasteiger partial charge is 0.446 e. The van der Waals surface area contributed by atoms with Crippen LogP contribution in [-0.2, 0) is 4.74 Å². The van der Waals surface area contributed by atoms with Gasteiger partial charge in [0.1, 0.15) is 6.10 Å². The van der Waals surface area contributed by atoms with Gasteiger partial charge in [0.15, 0.2) is 0 Å². The third-order valence-corrected chi connectivity index (χ3v) is 5.18. The molecular formula is C19H29N5O3. The van der Waals surface area contributed by atoms with Crippen LogP contribution in [0.25, 0.3) is 0 Å². The summed E-state index contributed by atoms with van der Waals surface area (Å²) in [5.41, 5.74) is 7.89. The van der Waals surface area contributed by atoms with Gasteiger partial charge < -0.3 is 15.4 Å². The van der Waals surface area contributed by atoms with Crippen LogP contribution in [0.1, 0.15) is 55.1 Å². The van der Waals surface area contributed by atoms with Crippen molar-refractivity contribution in [1.29, 1.82) is 0 Å². The second kappa shape index (κ2) is 9.14. The van der Waals surface area contributed by atoms with Crippen LogP contribution >= 0.6 is 0 Å². The molecule has 2 aliphatic rings. The number of hydrazine groups is 1. The Labute approximate surface area is 159 Å². The van der Waals surface area contributed by atoms with Crippen molar-refractivity contribution in [3.63, 3.8) is 0 Å². The first-order chi connectivity index (χ1) is 13.0. The molecule has 2 heterocycles. The summed E-state index contributed by atoms with van der Waals surface area (Å²) in [6.07, 6.45) is 5.61. The molecule has 8 nitrogen and oxygen atoms in total. The number of pyridine rings is 1. The minimum absolute atomic E-state index is 0.0258. The van der Waals surface area contributed by atoms with Crippen LogP contribution in [0.15, 0.2) is 18.3 Å². The van der Waals surface area contributed by atoms with Crippen LogP contribution in [0.3, 0.4) is 0 Å². The van der Waals surface area contributed by atoms with E-state index in [2.05, 4.69) is 26.5 Å². The van der Waals surface area contributed by atoms with Gasteiger partial charge >= 0.3 is 6.09 Å². The number of alkyl carbamates (subject to hydrolysis) is 1. The van der Waals surface area contributed by atoms with Gasteiger partial charge in [0.05, 0.1) is 6.17 Å². The molecule has 148 valence electrons. The Bertz CT molecular complexity index is 669. The lowest BCUT2D eigenvalue weighted by molar-refractivity contribution is 0.0928. The molecule has 4 atom stereocenters. The molecule has 1 aromatic heterocycles. The number of carbonyl (C=O) groups excluding carboxylic acids is 2. The third-order valence-electron chi connectivity index (χ3n) is 5.18. The molecule has 1 aliphatic carbocycles. The molecule has 2 amide bonds. The highest BCUT2D eigenvalue weighted by molar-refractivity contribution is 5.94. The Morgan fingerprint density at radius 2 is 2.15 bits per heavy atom. The average molecular weight is 375 g/mol. The second-order valence-electron chi connectivity index (χ2n) is 7.37. The van der Waals surface area contributed by atoms with E-state index in [-0.39, 0.29) is 30.3 Å². The highest BCUT2D eigenvalue weighted by Crippen LogP contribution is 2.32. The van der Waals surface area contributed by atoms with Gasteiger partial charge in [0.2, 0.25) is 0 Å². The lowest BCUT2D eigenvalue weighted by Gasteiger charge is -2.18. The normalized spacial score (nSPS) is 27.3. The van der Waals surface area contributed by atoms with E-state index in [1.165, 1.54) is 0 Å². The monoisotopic (exact) mass is 375 g/mol. The first-order valence-corrected chi connectivity index (χ1v) is 9.74. The number of ether oxygens (including phenoxy) is 1. The molecule has 4 N–H and O–H groups in total. The van der Waals surface area contributed by atoms with Crippen LogP contribution < -0.4 is 21.5 Å². The molecule has 1 aromatic rings. The summed E-state index contributed by atoms with van der Waals surface area (Å²) >= 11 is 0. The molecule has 1 saturated heterocycles. The van der Waals surface area contributed by atoms with E-state index >= 15 is 0 Å². The lowest BCUT2D eigenvalue weighted by Crippen LogP contribution is -2.44. The van der Waals surface area contributed by atoms with Crippen LogP contribution in [0.2, 0.25) is 0 Å². The van der Waals surface area contributed by atoms with Gasteiger partial charge in [0, 0.05) is 30.0 Å². The zero-order valence-electron chi connectivity index (χ0n) is 16.0. The molecule has 3 rings (SSSR count). The molecule has 27 heavy (non-hydrogen) atoms. The van der Waals surface area contributed by atoms with Gasteiger partial charge in [-0.25, -0.2) is 10.2 Å². The minimum Gasteiger partial charge on any atom is -0.446 e. The summed E-state index contributed by atoms with van der Waals surface area (Å²) in [6.45, 7) is 4.51. The Hall–Kier alpha value is -2.19. The van der Waals surface area contributed by atoms with Crippen molar-refractivity contribution in [3.8, 4) is 0 Å². The second-order valence-corrected chi connectivity index (χ2v) is 7.37. The zero-order valence-corrected chi connectivity index (χ0v) is 16.0. The Morgan fingerprint density at radius 1 is 1.30 bits per heavy atom. The van der Waals surface area contributed by atoms with E-state index in [1.54, 1.807) is 18.3 Å². The molecule has 1 saturated carbocycles. The highest BCUT2D eigenvalue weighted by Gasteiger charge is 2.37. The van der Waals surface area contributed by atoms with Gasteiger partial charge in [-0.15, -0.1) is 0 Å². The topological polar surface area (TPSA) is 104 Å². The molecule has 0 bridgehead atoms. The van der Waals surface area contributed by atoms with Crippen LogP contribution in [0.4, 0.5) is 4.79 Å². The van der Waals surface area contributed by atoms with Gasteiger partial charge in [-0.3, -0.25) is 15.2 Å². The predicted molar refractivity (Wildman–Crippen MR) is 101 cm³/mol. The van der Waals surface area contributed by atoms with Gasteiger partial charge in [-0.2, -0.15) is 0 Å². The number of aromatic nitrogens is 1. The van der Waals surface area contributed by atoms with Crippen LogP contribution in [0.5, 0.6) is 0 Å². The standard InChI is InChI=1S/C19H29N5O3/c1-3-7-21-19(26)27-15-5-4-13(10-15)16-11-17(24-23-16)22-18(25)14-6-8-20-12(2)9-14/h6,8-9,13,15-17,23-24H,3-5,7,10-11H2,1-2H3,(H,21,26)(H,22,25)/t13-,15+,16?,17?/m1/s1. The van der Waals surface area contributed by atoms with Gasteiger partial charge in [-0.1, -0.05) is 6.92 Å². The first kappa shape index (κ1) is 19.6. The van der Waals surface area contributed by atoms with Crippen molar-refractivity contribution in [2.24, 2.45) is 5.92 Å². The number of aryl methyl sites for hydroxylation is 1. The smallest absolute Gasteiger partial charge is 0.407 e. The minimum atomic E-state index is -0.321. The maximum atomic E-state index is 12.4. The number of amides is 2. The fourth-order valence-electron chi connectivity index (χ4n) is 3.78. The van der Waals surface area contributed by atoms with E-state index in [1.807, 2.05) is 13.8 Å². The number of nitrogens with zero attached hydrogens (tertiary/aromatic N) is 1. The SMILES string of the molecule is CCCNC(=O)O[C@H]1CC[C@@H](C2CC(NC(=O)c3ccnc(C)c3)NN2)C1. The van der Waals surface area contributed by atoms with Gasteiger partial charge in [-0.05, 0) is 57.1 Å². The van der Waals surface area contributed by atoms with Crippen molar-refractivity contribution in [3.05, 3.63) is 29.6 Å². The maximum absolute atomic E-state index is 12.4. The fourth-order valence-corrected chi connectivity index (χ4v) is 3.78. The average Bonchev–Trinajstić information content (AvgIpc) is 3.29. The molecule has 1 aliphatic heterocycles. The van der Waals surface area contributed by atoms with Crippen molar-refractivity contribution in [1.82, 2.24) is 26.5 Å². The van der Waals surface area contributed by atoms with Crippen LogP contribution in [0, 0.1) is 12.8 Å². The van der Waals surface area contributed by atoms with Crippen molar-refractivity contribution in [2.45, 2.75) is 64.3 Å². The molecular weight excluding hydrogens is 346 g/mol. The number of carbonyl (C=O) groups is 2. The number of hydrogen-bond donors (Lipinski definition) is 4. The molecule has 0 spiro atoms. The predicted octanol–water partition coefficient (Wildman–Crippen LogP) is 1.62. The summed E-state index contributed by atoms with van der Waals surface area (Å²) in [4.78, 5) is 28.2. The Balaban J connectivity index is 1.43. The number of nitrogens with one attached hydrogen (secondary N) is 4.